The molecule has 1 N–H and O–H groups in total. The van der Waals surface area contributed by atoms with E-state index in [1.165, 1.54) is 16.7 Å². The summed E-state index contributed by atoms with van der Waals surface area (Å²) in [4.78, 5) is 4.22. The maximum Gasteiger partial charge on any atom is 0.265 e. The zero-order valence-corrected chi connectivity index (χ0v) is 20.4. The molecule has 0 bridgehead atoms. The van der Waals surface area contributed by atoms with Crippen LogP contribution in [-0.4, -0.2) is 23.7 Å². The van der Waals surface area contributed by atoms with Crippen molar-refractivity contribution in [1.82, 2.24) is 4.98 Å². The Balaban J connectivity index is 1.72. The van der Waals surface area contributed by atoms with E-state index in [0.29, 0.717) is 30.7 Å². The van der Waals surface area contributed by atoms with Gasteiger partial charge in [0.05, 0.1) is 5.75 Å². The Morgan fingerprint density at radius 1 is 0.879 bits per heavy atom. The highest BCUT2D eigenvalue weighted by atomic mass is 32.2. The molecule has 3 atom stereocenters. The first-order valence-electron chi connectivity index (χ1n) is 11.7. The second-order valence-electron chi connectivity index (χ2n) is 8.87. The molecule has 0 fully saturated rings. The summed E-state index contributed by atoms with van der Waals surface area (Å²) in [7, 11) is -3.91. The first-order valence-corrected chi connectivity index (χ1v) is 13.4. The van der Waals surface area contributed by atoms with E-state index in [-0.39, 0.29) is 5.75 Å². The Bertz CT molecular complexity index is 1070. The minimum Gasteiger partial charge on any atom is -0.286 e. The van der Waals surface area contributed by atoms with E-state index in [0.717, 1.165) is 19.3 Å². The van der Waals surface area contributed by atoms with Gasteiger partial charge in [0.15, 0.2) is 12.4 Å². The number of benzene rings is 1. The molecule has 3 aromatic rings. The number of pyridine rings is 2. The van der Waals surface area contributed by atoms with Crippen LogP contribution >= 0.6 is 0 Å². The molecule has 0 radical (unpaired) electrons. The molecule has 176 valence electrons. The van der Waals surface area contributed by atoms with E-state index in [1.807, 2.05) is 29.4 Å². The van der Waals surface area contributed by atoms with Crippen LogP contribution in [0.15, 0.2) is 79.4 Å². The number of nitrogens with zero attached hydrogens (tertiary/aromatic N) is 2. The van der Waals surface area contributed by atoms with Gasteiger partial charge in [-0.05, 0) is 65.8 Å². The fraction of sp³-hybridized carbons (Fsp3) is 0.407. The van der Waals surface area contributed by atoms with E-state index < -0.39 is 10.1 Å². The van der Waals surface area contributed by atoms with Crippen molar-refractivity contribution in [3.8, 4) is 0 Å². The molecule has 33 heavy (non-hydrogen) atoms. The van der Waals surface area contributed by atoms with Crippen molar-refractivity contribution in [1.29, 1.82) is 0 Å². The van der Waals surface area contributed by atoms with Crippen LogP contribution in [0.5, 0.6) is 0 Å². The molecule has 0 aliphatic carbocycles. The molecule has 0 amide bonds. The summed E-state index contributed by atoms with van der Waals surface area (Å²) in [5, 5.41) is 0. The van der Waals surface area contributed by atoms with Gasteiger partial charge in [-0.25, -0.2) is 4.57 Å². The summed E-state index contributed by atoms with van der Waals surface area (Å²) in [6.07, 6.45) is 11.4. The Morgan fingerprint density at radius 3 is 2.12 bits per heavy atom. The van der Waals surface area contributed by atoms with E-state index in [1.54, 1.807) is 0 Å². The summed E-state index contributed by atoms with van der Waals surface area (Å²) in [5.41, 5.74) is 4.01. The van der Waals surface area contributed by atoms with Gasteiger partial charge < -0.3 is 0 Å². The van der Waals surface area contributed by atoms with Gasteiger partial charge in [-0.3, -0.25) is 9.54 Å². The predicted octanol–water partition coefficient (Wildman–Crippen LogP) is 5.51. The van der Waals surface area contributed by atoms with Gasteiger partial charge >= 0.3 is 0 Å². The van der Waals surface area contributed by atoms with Gasteiger partial charge in [0, 0.05) is 30.9 Å². The molecule has 0 spiro atoms. The second kappa shape index (κ2) is 12.1. The monoisotopic (exact) mass is 467 g/mol. The van der Waals surface area contributed by atoms with Crippen molar-refractivity contribution >= 4 is 10.1 Å². The lowest BCUT2D eigenvalue weighted by atomic mass is 9.79. The van der Waals surface area contributed by atoms with Crippen molar-refractivity contribution in [2.24, 2.45) is 0 Å². The van der Waals surface area contributed by atoms with Crippen LogP contribution in [0.3, 0.4) is 0 Å². The SMILES string of the molecule is CCC(CC(CC(C)c1ccccc1)c1ccncc1)c1cc[n+](CCCS(=O)(=O)O)cc1. The highest BCUT2D eigenvalue weighted by Crippen LogP contribution is 2.38. The molecule has 0 saturated carbocycles. The lowest BCUT2D eigenvalue weighted by molar-refractivity contribution is -0.696. The van der Waals surface area contributed by atoms with Crippen LogP contribution in [0, 0.1) is 0 Å². The maximum absolute atomic E-state index is 10.9. The number of hydrogen-bond donors (Lipinski definition) is 1. The van der Waals surface area contributed by atoms with Crippen LogP contribution in [0.4, 0.5) is 0 Å². The van der Waals surface area contributed by atoms with Crippen molar-refractivity contribution in [2.45, 2.75) is 63.8 Å². The minimum absolute atomic E-state index is 0.216. The number of hydrogen-bond acceptors (Lipinski definition) is 3. The number of rotatable bonds is 12. The average molecular weight is 468 g/mol. The summed E-state index contributed by atoms with van der Waals surface area (Å²) in [6.45, 7) is 5.11. The lowest BCUT2D eigenvalue weighted by Crippen LogP contribution is -2.33. The zero-order valence-electron chi connectivity index (χ0n) is 19.5. The standard InChI is InChI=1S/C27H34N2O3S/c1-3-23(26-12-17-29(18-13-26)16-7-19-33(30,31)32)21-27(25-10-14-28-15-11-25)20-22(2)24-8-5-4-6-9-24/h4-6,8-15,17-18,22-23,27H,3,7,16,19-21H2,1-2H3/p+1. The summed E-state index contributed by atoms with van der Waals surface area (Å²) in [5.74, 6) is 1.10. The predicted molar refractivity (Wildman–Crippen MR) is 132 cm³/mol. The number of aromatic nitrogens is 2. The normalized spacial score (nSPS) is 14.5. The van der Waals surface area contributed by atoms with Crippen LogP contribution < -0.4 is 4.57 Å². The molecule has 2 aromatic heterocycles. The number of aryl methyl sites for hydroxylation is 1. The molecule has 1 aromatic carbocycles. The van der Waals surface area contributed by atoms with E-state index in [9.17, 15) is 8.42 Å². The molecule has 3 rings (SSSR count). The molecule has 3 unspecified atom stereocenters. The van der Waals surface area contributed by atoms with Crippen LogP contribution in [0.25, 0.3) is 0 Å². The average Bonchev–Trinajstić information content (AvgIpc) is 2.82. The highest BCUT2D eigenvalue weighted by molar-refractivity contribution is 7.85. The van der Waals surface area contributed by atoms with Gasteiger partial charge in [0.1, 0.15) is 6.54 Å². The maximum atomic E-state index is 10.9. The molecule has 0 saturated heterocycles. The van der Waals surface area contributed by atoms with Gasteiger partial charge in [-0.15, -0.1) is 0 Å². The van der Waals surface area contributed by atoms with Crippen molar-refractivity contribution < 1.29 is 17.5 Å². The summed E-state index contributed by atoms with van der Waals surface area (Å²) >= 11 is 0. The van der Waals surface area contributed by atoms with Crippen molar-refractivity contribution in [2.75, 3.05) is 5.75 Å². The largest absolute Gasteiger partial charge is 0.286 e. The first kappa shape index (κ1) is 25.1. The second-order valence-corrected chi connectivity index (χ2v) is 10.4. The summed E-state index contributed by atoms with van der Waals surface area (Å²) < 4.78 is 32.8. The van der Waals surface area contributed by atoms with E-state index in [4.69, 9.17) is 4.55 Å². The van der Waals surface area contributed by atoms with Crippen molar-refractivity contribution in [3.05, 3.63) is 96.1 Å². The van der Waals surface area contributed by atoms with Gasteiger partial charge in [0.25, 0.3) is 10.1 Å². The molecule has 2 heterocycles. The third-order valence-corrected chi connectivity index (χ3v) is 7.26. The first-order chi connectivity index (χ1) is 15.9. The topological polar surface area (TPSA) is 71.1 Å². The Hall–Kier alpha value is -2.57. The quantitative estimate of drug-likeness (QED) is 0.282. The van der Waals surface area contributed by atoms with E-state index >= 15 is 0 Å². The molecule has 5 nitrogen and oxygen atoms in total. The molecular weight excluding hydrogens is 432 g/mol. The molecule has 0 aliphatic heterocycles. The lowest BCUT2D eigenvalue weighted by Gasteiger charge is -2.26. The van der Waals surface area contributed by atoms with Crippen LogP contribution in [-0.2, 0) is 16.7 Å². The smallest absolute Gasteiger partial charge is 0.265 e. The van der Waals surface area contributed by atoms with Crippen LogP contribution in [0.1, 0.15) is 74.0 Å². The van der Waals surface area contributed by atoms with Gasteiger partial charge in [-0.1, -0.05) is 44.2 Å². The fourth-order valence-corrected chi connectivity index (χ4v) is 5.04. The zero-order chi connectivity index (χ0) is 23.7. The molecular formula is C27H35N2O3S+. The highest BCUT2D eigenvalue weighted by Gasteiger charge is 2.22. The van der Waals surface area contributed by atoms with Gasteiger partial charge in [-0.2, -0.15) is 8.42 Å². The van der Waals surface area contributed by atoms with Gasteiger partial charge in [0.2, 0.25) is 0 Å². The Morgan fingerprint density at radius 2 is 1.52 bits per heavy atom. The molecule has 0 aliphatic rings. The fourth-order valence-electron chi connectivity index (χ4n) is 4.55. The minimum atomic E-state index is -3.91. The molecule has 6 heteroatoms. The summed E-state index contributed by atoms with van der Waals surface area (Å²) in [6, 6.07) is 19.3. The Labute approximate surface area is 198 Å². The van der Waals surface area contributed by atoms with Crippen LogP contribution in [0.2, 0.25) is 0 Å². The van der Waals surface area contributed by atoms with Crippen molar-refractivity contribution in [3.63, 3.8) is 0 Å². The third-order valence-electron chi connectivity index (χ3n) is 6.45. The third kappa shape index (κ3) is 8.06. The van der Waals surface area contributed by atoms with E-state index in [2.05, 4.69) is 73.4 Å². The Kier molecular flexibility index (Phi) is 9.15.